The Labute approximate surface area is 202 Å². The molecule has 2 aromatic carbocycles. The molecule has 32 heavy (non-hydrogen) atoms. The molecule has 2 aromatic rings. The number of halogens is 1. The normalized spacial score (nSPS) is 12.5. The van der Waals surface area contributed by atoms with Gasteiger partial charge < -0.3 is 20.1 Å². The zero-order valence-electron chi connectivity index (χ0n) is 18.5. The first-order chi connectivity index (χ1) is 15.3. The number of amides is 2. The number of carbonyl (C=O) groups excluding carboxylic acids is 3. The SMILES string of the molecule is COC(=O)[C@@H](Cc1ccc(I)cc1)NC(=O)[C@H](CC(C)C)NC(=O)OCc1ccccc1. The van der Waals surface area contributed by atoms with E-state index in [1.54, 1.807) is 0 Å². The Morgan fingerprint density at radius 3 is 2.16 bits per heavy atom. The van der Waals surface area contributed by atoms with Gasteiger partial charge in [-0.05, 0) is 58.2 Å². The second-order valence-electron chi connectivity index (χ2n) is 7.80. The van der Waals surface area contributed by atoms with Crippen LogP contribution >= 0.6 is 22.6 Å². The van der Waals surface area contributed by atoms with Gasteiger partial charge in [0.25, 0.3) is 0 Å². The van der Waals surface area contributed by atoms with Gasteiger partial charge in [-0.1, -0.05) is 56.3 Å². The van der Waals surface area contributed by atoms with Crippen LogP contribution in [0.25, 0.3) is 0 Å². The highest BCUT2D eigenvalue weighted by atomic mass is 127. The topological polar surface area (TPSA) is 93.7 Å². The van der Waals surface area contributed by atoms with Gasteiger partial charge in [0.05, 0.1) is 7.11 Å². The lowest BCUT2D eigenvalue weighted by molar-refractivity contribution is -0.145. The van der Waals surface area contributed by atoms with Gasteiger partial charge in [-0.25, -0.2) is 9.59 Å². The Morgan fingerprint density at radius 2 is 1.56 bits per heavy atom. The molecule has 0 spiro atoms. The number of benzene rings is 2. The molecule has 0 aliphatic carbocycles. The van der Waals surface area contributed by atoms with Crippen LogP contribution in [0, 0.1) is 9.49 Å². The van der Waals surface area contributed by atoms with Crippen molar-refractivity contribution in [1.82, 2.24) is 10.6 Å². The molecule has 0 bridgehead atoms. The standard InChI is InChI=1S/C24H29IN2O5/c1-16(2)13-20(27-24(30)32-15-18-7-5-4-6-8-18)22(28)26-21(23(29)31-3)14-17-9-11-19(25)12-10-17/h4-12,16,20-21H,13-15H2,1-3H3,(H,26,28)(H,27,30)/t20-,21+/m0/s1. The smallest absolute Gasteiger partial charge is 0.408 e. The number of alkyl carbamates (subject to hydrolysis) is 1. The lowest BCUT2D eigenvalue weighted by Gasteiger charge is -2.23. The zero-order valence-corrected chi connectivity index (χ0v) is 20.6. The monoisotopic (exact) mass is 552 g/mol. The van der Waals surface area contributed by atoms with E-state index < -0.39 is 30.1 Å². The van der Waals surface area contributed by atoms with Crippen molar-refractivity contribution in [3.8, 4) is 0 Å². The first-order valence-electron chi connectivity index (χ1n) is 10.4. The maximum absolute atomic E-state index is 13.0. The summed E-state index contributed by atoms with van der Waals surface area (Å²) >= 11 is 2.20. The van der Waals surface area contributed by atoms with E-state index in [4.69, 9.17) is 9.47 Å². The van der Waals surface area contributed by atoms with E-state index in [1.165, 1.54) is 7.11 Å². The Bertz CT molecular complexity index is 887. The maximum atomic E-state index is 13.0. The number of esters is 1. The van der Waals surface area contributed by atoms with Crippen LogP contribution in [0.1, 0.15) is 31.4 Å². The number of hydrogen-bond donors (Lipinski definition) is 2. The summed E-state index contributed by atoms with van der Waals surface area (Å²) < 4.78 is 11.2. The molecule has 7 nitrogen and oxygen atoms in total. The summed E-state index contributed by atoms with van der Waals surface area (Å²) in [5.74, 6) is -0.879. The molecule has 0 aliphatic heterocycles. The number of hydrogen-bond acceptors (Lipinski definition) is 5. The minimum Gasteiger partial charge on any atom is -0.467 e. The van der Waals surface area contributed by atoms with Crippen LogP contribution in [-0.4, -0.2) is 37.2 Å². The fourth-order valence-corrected chi connectivity index (χ4v) is 3.43. The zero-order chi connectivity index (χ0) is 23.5. The molecule has 0 heterocycles. The van der Waals surface area contributed by atoms with Gasteiger partial charge in [0.15, 0.2) is 0 Å². The average Bonchev–Trinajstić information content (AvgIpc) is 2.78. The highest BCUT2D eigenvalue weighted by Gasteiger charge is 2.28. The Hall–Kier alpha value is -2.62. The van der Waals surface area contributed by atoms with E-state index in [1.807, 2.05) is 68.4 Å². The van der Waals surface area contributed by atoms with Crippen molar-refractivity contribution in [2.24, 2.45) is 5.92 Å². The molecule has 8 heteroatoms. The molecule has 2 atom stereocenters. The lowest BCUT2D eigenvalue weighted by atomic mass is 10.0. The third-order valence-electron chi connectivity index (χ3n) is 4.68. The summed E-state index contributed by atoms with van der Waals surface area (Å²) in [6, 6.07) is 15.2. The molecule has 2 amide bonds. The van der Waals surface area contributed by atoms with Crippen LogP contribution in [0.2, 0.25) is 0 Å². The number of rotatable bonds is 10. The quantitative estimate of drug-likeness (QED) is 0.345. The predicted octanol–water partition coefficient (Wildman–Crippen LogP) is 3.83. The van der Waals surface area contributed by atoms with Crippen molar-refractivity contribution < 1.29 is 23.9 Å². The van der Waals surface area contributed by atoms with Crippen LogP contribution in [0.3, 0.4) is 0 Å². The largest absolute Gasteiger partial charge is 0.467 e. The Kier molecular flexibility index (Phi) is 10.5. The van der Waals surface area contributed by atoms with E-state index in [9.17, 15) is 14.4 Å². The van der Waals surface area contributed by atoms with Gasteiger partial charge in [0.2, 0.25) is 5.91 Å². The number of nitrogens with one attached hydrogen (secondary N) is 2. The fourth-order valence-electron chi connectivity index (χ4n) is 3.07. The molecule has 0 unspecified atom stereocenters. The molecule has 2 N–H and O–H groups in total. The molecular weight excluding hydrogens is 523 g/mol. The average molecular weight is 552 g/mol. The Balaban J connectivity index is 2.03. The Morgan fingerprint density at radius 1 is 0.906 bits per heavy atom. The fraction of sp³-hybridized carbons (Fsp3) is 0.375. The van der Waals surface area contributed by atoms with Gasteiger partial charge in [-0.15, -0.1) is 0 Å². The van der Waals surface area contributed by atoms with Gasteiger partial charge >= 0.3 is 12.1 Å². The number of ether oxygens (including phenoxy) is 2. The minimum atomic E-state index is -0.871. The highest BCUT2D eigenvalue weighted by molar-refractivity contribution is 14.1. The van der Waals surface area contributed by atoms with Gasteiger partial charge in [-0.2, -0.15) is 0 Å². The maximum Gasteiger partial charge on any atom is 0.408 e. The van der Waals surface area contributed by atoms with Crippen LogP contribution < -0.4 is 10.6 Å². The number of carbonyl (C=O) groups is 3. The van der Waals surface area contributed by atoms with Crippen molar-refractivity contribution in [2.45, 2.75) is 45.4 Å². The van der Waals surface area contributed by atoms with Crippen molar-refractivity contribution in [1.29, 1.82) is 0 Å². The van der Waals surface area contributed by atoms with Crippen molar-refractivity contribution in [3.05, 3.63) is 69.3 Å². The van der Waals surface area contributed by atoms with Crippen LogP contribution in [0.5, 0.6) is 0 Å². The molecule has 0 fully saturated rings. The summed E-state index contributed by atoms with van der Waals surface area (Å²) in [5.41, 5.74) is 1.73. The van der Waals surface area contributed by atoms with Crippen LogP contribution in [-0.2, 0) is 32.1 Å². The van der Waals surface area contributed by atoms with Crippen LogP contribution in [0.4, 0.5) is 4.79 Å². The van der Waals surface area contributed by atoms with Gasteiger partial charge in [-0.3, -0.25) is 4.79 Å². The summed E-state index contributed by atoms with van der Waals surface area (Å²) in [5, 5.41) is 5.36. The van der Waals surface area contributed by atoms with E-state index in [2.05, 4.69) is 33.2 Å². The molecule has 2 rings (SSSR count). The van der Waals surface area contributed by atoms with Crippen molar-refractivity contribution >= 4 is 40.6 Å². The summed E-state index contributed by atoms with van der Waals surface area (Å²) in [7, 11) is 1.28. The number of methoxy groups -OCH3 is 1. The van der Waals surface area contributed by atoms with E-state index in [-0.39, 0.29) is 18.9 Å². The van der Waals surface area contributed by atoms with E-state index >= 15 is 0 Å². The van der Waals surface area contributed by atoms with E-state index in [0.29, 0.717) is 6.42 Å². The van der Waals surface area contributed by atoms with Crippen LogP contribution in [0.15, 0.2) is 54.6 Å². The second kappa shape index (κ2) is 13.0. The van der Waals surface area contributed by atoms with Crippen molar-refractivity contribution in [2.75, 3.05) is 7.11 Å². The first-order valence-corrected chi connectivity index (χ1v) is 11.5. The van der Waals surface area contributed by atoms with Gasteiger partial charge in [0.1, 0.15) is 18.7 Å². The molecule has 0 aromatic heterocycles. The predicted molar refractivity (Wildman–Crippen MR) is 130 cm³/mol. The molecular formula is C24H29IN2O5. The third-order valence-corrected chi connectivity index (χ3v) is 5.40. The van der Waals surface area contributed by atoms with E-state index in [0.717, 1.165) is 14.7 Å². The molecule has 0 radical (unpaired) electrons. The summed E-state index contributed by atoms with van der Waals surface area (Å²) in [4.78, 5) is 37.6. The van der Waals surface area contributed by atoms with Crippen molar-refractivity contribution in [3.63, 3.8) is 0 Å². The summed E-state index contributed by atoms with van der Waals surface area (Å²) in [6.45, 7) is 3.99. The molecule has 172 valence electrons. The third kappa shape index (κ3) is 8.86. The second-order valence-corrected chi connectivity index (χ2v) is 9.05. The molecule has 0 aliphatic rings. The van der Waals surface area contributed by atoms with Gasteiger partial charge in [0, 0.05) is 9.99 Å². The molecule has 0 saturated carbocycles. The molecule has 0 saturated heterocycles. The minimum absolute atomic E-state index is 0.0975. The highest BCUT2D eigenvalue weighted by Crippen LogP contribution is 2.11. The summed E-state index contributed by atoms with van der Waals surface area (Å²) in [6.07, 6.45) is -0.0202. The lowest BCUT2D eigenvalue weighted by Crippen LogP contribution is -2.53. The first kappa shape index (κ1) is 25.6.